The quantitative estimate of drug-likeness (QED) is 0.836. The molecule has 8 heteroatoms. The van der Waals surface area contributed by atoms with Crippen molar-refractivity contribution in [3.8, 4) is 5.75 Å². The standard InChI is InChI=1S/C15H20F3NO3S/c1-5-23(20,21)19(4)12-9-14(2,3)22-13-7-6-10(8-11(12)13)15(16,17)18/h6-8,12H,5,9H2,1-4H3. The van der Waals surface area contributed by atoms with E-state index in [-0.39, 0.29) is 23.5 Å². The monoisotopic (exact) mass is 351 g/mol. The van der Waals surface area contributed by atoms with Crippen LogP contribution in [0.4, 0.5) is 13.2 Å². The number of hydrogen-bond donors (Lipinski definition) is 0. The highest BCUT2D eigenvalue weighted by atomic mass is 32.2. The maximum absolute atomic E-state index is 13.0. The third-order valence-electron chi connectivity index (χ3n) is 4.01. The molecule has 0 aromatic heterocycles. The lowest BCUT2D eigenvalue weighted by Gasteiger charge is -2.41. The molecule has 0 radical (unpaired) electrons. The van der Waals surface area contributed by atoms with Crippen LogP contribution in [-0.4, -0.2) is 31.1 Å². The van der Waals surface area contributed by atoms with Crippen LogP contribution >= 0.6 is 0 Å². The summed E-state index contributed by atoms with van der Waals surface area (Å²) in [5, 5.41) is 0. The molecular formula is C15H20F3NO3S. The fourth-order valence-electron chi connectivity index (χ4n) is 2.71. The molecule has 1 aromatic rings. The second-order valence-corrected chi connectivity index (χ2v) is 8.57. The summed E-state index contributed by atoms with van der Waals surface area (Å²) in [6.45, 7) is 5.07. The summed E-state index contributed by atoms with van der Waals surface area (Å²) in [6.07, 6.45) is -4.22. The van der Waals surface area contributed by atoms with Gasteiger partial charge in [-0.25, -0.2) is 8.42 Å². The first kappa shape index (κ1) is 18.1. The largest absolute Gasteiger partial charge is 0.487 e. The van der Waals surface area contributed by atoms with Crippen LogP contribution in [0.15, 0.2) is 18.2 Å². The second-order valence-electron chi connectivity index (χ2n) is 6.25. The Balaban J connectivity index is 2.57. The molecule has 0 bridgehead atoms. The minimum atomic E-state index is -4.49. The average molecular weight is 351 g/mol. The van der Waals surface area contributed by atoms with Crippen LogP contribution in [0, 0.1) is 0 Å². The lowest BCUT2D eigenvalue weighted by Crippen LogP contribution is -2.42. The number of sulfonamides is 1. The molecule has 1 atom stereocenters. The summed E-state index contributed by atoms with van der Waals surface area (Å²) in [5.74, 6) is 0.174. The summed E-state index contributed by atoms with van der Waals surface area (Å²) in [7, 11) is -2.14. The summed E-state index contributed by atoms with van der Waals surface area (Å²) in [6, 6.07) is 2.50. The summed E-state index contributed by atoms with van der Waals surface area (Å²) < 4.78 is 70.1. The molecule has 0 amide bonds. The van der Waals surface area contributed by atoms with E-state index >= 15 is 0 Å². The van der Waals surface area contributed by atoms with E-state index in [1.807, 2.05) is 0 Å². The van der Waals surface area contributed by atoms with Gasteiger partial charge in [-0.15, -0.1) is 0 Å². The molecule has 1 aliphatic heterocycles. The molecule has 4 nitrogen and oxygen atoms in total. The number of halogens is 3. The zero-order valence-corrected chi connectivity index (χ0v) is 14.3. The molecule has 1 aliphatic rings. The van der Waals surface area contributed by atoms with E-state index in [1.165, 1.54) is 20.0 Å². The third-order valence-corrected chi connectivity index (χ3v) is 5.87. The first-order chi connectivity index (χ1) is 10.4. The summed E-state index contributed by atoms with van der Waals surface area (Å²) in [4.78, 5) is 0. The molecule has 0 fully saturated rings. The Morgan fingerprint density at radius 3 is 2.48 bits per heavy atom. The first-order valence-corrected chi connectivity index (χ1v) is 8.84. The number of hydrogen-bond acceptors (Lipinski definition) is 3. The van der Waals surface area contributed by atoms with E-state index in [0.29, 0.717) is 0 Å². The summed E-state index contributed by atoms with van der Waals surface area (Å²) in [5.41, 5.74) is -1.24. The Labute approximate surface area is 134 Å². The summed E-state index contributed by atoms with van der Waals surface area (Å²) >= 11 is 0. The fourth-order valence-corrected chi connectivity index (χ4v) is 3.70. The first-order valence-electron chi connectivity index (χ1n) is 7.23. The zero-order chi connectivity index (χ0) is 17.6. The number of nitrogens with zero attached hydrogens (tertiary/aromatic N) is 1. The Bertz CT molecular complexity index is 698. The molecule has 2 rings (SSSR count). The van der Waals surface area contributed by atoms with Crippen LogP contribution in [-0.2, 0) is 16.2 Å². The van der Waals surface area contributed by atoms with Crippen LogP contribution in [0.3, 0.4) is 0 Å². The van der Waals surface area contributed by atoms with Crippen LogP contribution in [0.2, 0.25) is 0 Å². The maximum atomic E-state index is 13.0. The van der Waals surface area contributed by atoms with Gasteiger partial charge >= 0.3 is 6.18 Å². The zero-order valence-electron chi connectivity index (χ0n) is 13.4. The van der Waals surface area contributed by atoms with E-state index in [1.54, 1.807) is 13.8 Å². The molecule has 1 heterocycles. The number of rotatable bonds is 3. The van der Waals surface area contributed by atoms with Gasteiger partial charge in [-0.1, -0.05) is 0 Å². The van der Waals surface area contributed by atoms with E-state index in [2.05, 4.69) is 0 Å². The van der Waals surface area contributed by atoms with E-state index in [4.69, 9.17) is 4.74 Å². The smallest absolute Gasteiger partial charge is 0.416 e. The highest BCUT2D eigenvalue weighted by molar-refractivity contribution is 7.89. The van der Waals surface area contributed by atoms with Crippen molar-refractivity contribution in [3.63, 3.8) is 0 Å². The van der Waals surface area contributed by atoms with Gasteiger partial charge in [0.25, 0.3) is 0 Å². The van der Waals surface area contributed by atoms with Gasteiger partial charge in [-0.3, -0.25) is 0 Å². The Hall–Kier alpha value is -1.28. The van der Waals surface area contributed by atoms with Gasteiger partial charge in [0.1, 0.15) is 11.4 Å². The molecule has 0 saturated carbocycles. The van der Waals surface area contributed by atoms with Gasteiger partial charge in [-0.05, 0) is 39.0 Å². The van der Waals surface area contributed by atoms with Crippen LogP contribution in [0.5, 0.6) is 5.75 Å². The highest BCUT2D eigenvalue weighted by Gasteiger charge is 2.41. The molecule has 1 aromatic carbocycles. The van der Waals surface area contributed by atoms with Gasteiger partial charge < -0.3 is 4.74 Å². The minimum Gasteiger partial charge on any atom is -0.487 e. The number of benzene rings is 1. The Morgan fingerprint density at radius 1 is 1.35 bits per heavy atom. The lowest BCUT2D eigenvalue weighted by molar-refractivity contribution is -0.137. The molecule has 0 aliphatic carbocycles. The van der Waals surface area contributed by atoms with Gasteiger partial charge in [0.15, 0.2) is 0 Å². The highest BCUT2D eigenvalue weighted by Crippen LogP contribution is 2.45. The van der Waals surface area contributed by atoms with Crippen molar-refractivity contribution >= 4 is 10.0 Å². The lowest BCUT2D eigenvalue weighted by atomic mass is 9.89. The molecule has 130 valence electrons. The van der Waals surface area contributed by atoms with Gasteiger partial charge in [-0.2, -0.15) is 17.5 Å². The van der Waals surface area contributed by atoms with Crippen molar-refractivity contribution in [2.75, 3.05) is 12.8 Å². The maximum Gasteiger partial charge on any atom is 0.416 e. The molecule has 0 spiro atoms. The van der Waals surface area contributed by atoms with Crippen molar-refractivity contribution in [1.29, 1.82) is 0 Å². The number of alkyl halides is 3. The third kappa shape index (κ3) is 3.63. The SMILES string of the molecule is CCS(=O)(=O)N(C)C1CC(C)(C)Oc2ccc(C(F)(F)F)cc21. The van der Waals surface area contributed by atoms with Gasteiger partial charge in [0, 0.05) is 19.0 Å². The number of ether oxygens (including phenoxy) is 1. The van der Waals surface area contributed by atoms with E-state index < -0.39 is 33.4 Å². The van der Waals surface area contributed by atoms with Crippen LogP contribution in [0.25, 0.3) is 0 Å². The van der Waals surface area contributed by atoms with Crippen molar-refractivity contribution < 1.29 is 26.3 Å². The minimum absolute atomic E-state index is 0.115. The average Bonchev–Trinajstić information content (AvgIpc) is 2.43. The Kier molecular flexibility index (Phi) is 4.45. The van der Waals surface area contributed by atoms with Gasteiger partial charge in [0.05, 0.1) is 17.4 Å². The molecule has 23 heavy (non-hydrogen) atoms. The van der Waals surface area contributed by atoms with E-state index in [9.17, 15) is 21.6 Å². The van der Waals surface area contributed by atoms with Gasteiger partial charge in [0.2, 0.25) is 10.0 Å². The number of fused-ring (bicyclic) bond motifs is 1. The van der Waals surface area contributed by atoms with E-state index in [0.717, 1.165) is 16.4 Å². The van der Waals surface area contributed by atoms with Crippen molar-refractivity contribution in [3.05, 3.63) is 29.3 Å². The predicted octanol–water partition coefficient (Wildman–Crippen LogP) is 3.59. The van der Waals surface area contributed by atoms with Crippen molar-refractivity contribution in [2.24, 2.45) is 0 Å². The van der Waals surface area contributed by atoms with Crippen LogP contribution in [0.1, 0.15) is 44.4 Å². The Morgan fingerprint density at radius 2 is 1.96 bits per heavy atom. The van der Waals surface area contributed by atoms with Crippen molar-refractivity contribution in [2.45, 2.75) is 45.0 Å². The topological polar surface area (TPSA) is 46.6 Å². The molecule has 1 unspecified atom stereocenters. The normalized spacial score (nSPS) is 21.0. The molecule has 0 saturated heterocycles. The van der Waals surface area contributed by atoms with Crippen LogP contribution < -0.4 is 4.74 Å². The second kappa shape index (κ2) is 5.66. The predicted molar refractivity (Wildman–Crippen MR) is 80.7 cm³/mol. The van der Waals surface area contributed by atoms with Crippen molar-refractivity contribution in [1.82, 2.24) is 4.31 Å². The fraction of sp³-hybridized carbons (Fsp3) is 0.600. The molecule has 0 N–H and O–H groups in total. The molecular weight excluding hydrogens is 331 g/mol.